The number of hydrogen-bond acceptors (Lipinski definition) is 3. The van der Waals surface area contributed by atoms with Gasteiger partial charge in [0.15, 0.2) is 0 Å². The maximum absolute atomic E-state index is 11.8. The predicted octanol–water partition coefficient (Wildman–Crippen LogP) is 3.21. The van der Waals surface area contributed by atoms with E-state index in [1.165, 1.54) is 11.1 Å². The number of benzene rings is 1. The maximum Gasteiger partial charge on any atom is 0.101 e. The number of rotatable bonds is 3. The summed E-state index contributed by atoms with van der Waals surface area (Å²) in [5.41, 5.74) is 3.80. The normalized spacial score (nSPS) is 24.0. The van der Waals surface area contributed by atoms with Gasteiger partial charge >= 0.3 is 0 Å². The van der Waals surface area contributed by atoms with Crippen LogP contribution in [-0.2, 0) is 22.2 Å². The van der Waals surface area contributed by atoms with Crippen LogP contribution in [0.5, 0.6) is 0 Å². The monoisotopic (exact) mass is 303 g/mol. The Morgan fingerprint density at radius 3 is 2.86 bits per heavy atom. The number of nitrogens with zero attached hydrogens (tertiary/aromatic N) is 1. The van der Waals surface area contributed by atoms with Gasteiger partial charge in [0.25, 0.3) is 0 Å². The summed E-state index contributed by atoms with van der Waals surface area (Å²) in [5, 5.41) is 1.99. The van der Waals surface area contributed by atoms with Crippen LogP contribution < -0.4 is 0 Å². The van der Waals surface area contributed by atoms with E-state index in [1.54, 1.807) is 6.26 Å². The average Bonchev–Trinajstić information content (AvgIpc) is 2.47. The van der Waals surface area contributed by atoms with Gasteiger partial charge in [-0.1, -0.05) is 30.4 Å². The summed E-state index contributed by atoms with van der Waals surface area (Å²) in [6, 6.07) is 7.89. The molecule has 0 spiro atoms. The van der Waals surface area contributed by atoms with Crippen molar-refractivity contribution < 1.29 is 9.05 Å². The summed E-state index contributed by atoms with van der Waals surface area (Å²) < 4.78 is 11.8. The molecule has 0 N–H and O–H groups in total. The first-order valence-electron chi connectivity index (χ1n) is 7.37. The zero-order valence-electron chi connectivity index (χ0n) is 12.5. The third kappa shape index (κ3) is 3.18. The Morgan fingerprint density at radius 2 is 2.05 bits per heavy atom. The van der Waals surface area contributed by atoms with Gasteiger partial charge in [0.05, 0.1) is 17.3 Å². The fourth-order valence-corrected chi connectivity index (χ4v) is 3.81. The third-order valence-electron chi connectivity index (χ3n) is 4.01. The molecule has 3 nitrogen and oxygen atoms in total. The quantitative estimate of drug-likeness (QED) is 0.859. The molecule has 0 saturated carbocycles. The van der Waals surface area contributed by atoms with E-state index in [1.807, 2.05) is 29.3 Å². The highest BCUT2D eigenvalue weighted by molar-refractivity contribution is 7.84. The molecule has 1 heterocycles. The molecule has 1 fully saturated rings. The lowest BCUT2D eigenvalue weighted by Crippen LogP contribution is -2.38. The molecular weight excluding hydrogens is 282 g/mol. The molecule has 0 bridgehead atoms. The highest BCUT2D eigenvalue weighted by atomic mass is 32.2. The maximum atomic E-state index is 11.8. The minimum absolute atomic E-state index is 0.101. The lowest BCUT2D eigenvalue weighted by molar-refractivity contribution is -0.194. The van der Waals surface area contributed by atoms with Crippen LogP contribution in [0.15, 0.2) is 52.5 Å². The van der Waals surface area contributed by atoms with Crippen molar-refractivity contribution in [2.24, 2.45) is 0 Å². The van der Waals surface area contributed by atoms with E-state index in [0.29, 0.717) is 6.54 Å². The first-order valence-corrected chi connectivity index (χ1v) is 8.93. The Hall–Kier alpha value is -1.23. The van der Waals surface area contributed by atoms with Crippen molar-refractivity contribution in [2.45, 2.75) is 37.3 Å². The Morgan fingerprint density at radius 1 is 1.29 bits per heavy atom. The summed E-state index contributed by atoms with van der Waals surface area (Å²) in [6.07, 6.45) is 8.68. The van der Waals surface area contributed by atoms with Crippen molar-refractivity contribution in [2.75, 3.05) is 12.8 Å². The smallest absolute Gasteiger partial charge is 0.101 e. The van der Waals surface area contributed by atoms with Gasteiger partial charge in [-0.3, -0.25) is 9.05 Å². The molecule has 1 aromatic rings. The highest BCUT2D eigenvalue weighted by Crippen LogP contribution is 2.30. The van der Waals surface area contributed by atoms with E-state index in [2.05, 4.69) is 19.1 Å². The molecule has 1 aliphatic carbocycles. The summed E-state index contributed by atoms with van der Waals surface area (Å²) >= 11 is 0. The molecular formula is C17H21NO2S. The van der Waals surface area contributed by atoms with Crippen LogP contribution in [0.2, 0.25) is 0 Å². The fraction of sp³-hybridized carbons (Fsp3) is 0.412. The molecule has 0 radical (unpaired) electrons. The first kappa shape index (κ1) is 14.7. The zero-order chi connectivity index (χ0) is 14.8. The summed E-state index contributed by atoms with van der Waals surface area (Å²) in [7, 11) is -0.970. The molecule has 1 aliphatic heterocycles. The van der Waals surface area contributed by atoms with Crippen LogP contribution in [0, 0.1) is 0 Å². The largest absolute Gasteiger partial charge is 0.291 e. The van der Waals surface area contributed by atoms with E-state index in [9.17, 15) is 4.21 Å². The Kier molecular flexibility index (Phi) is 4.38. The van der Waals surface area contributed by atoms with Gasteiger partial charge in [-0.05, 0) is 42.5 Å². The second kappa shape index (κ2) is 6.26. The van der Waals surface area contributed by atoms with Crippen molar-refractivity contribution in [3.63, 3.8) is 0 Å². The van der Waals surface area contributed by atoms with Crippen molar-refractivity contribution in [1.82, 2.24) is 5.06 Å². The summed E-state index contributed by atoms with van der Waals surface area (Å²) in [5.74, 6) is 0. The van der Waals surface area contributed by atoms with Crippen molar-refractivity contribution in [1.29, 1.82) is 0 Å². The summed E-state index contributed by atoms with van der Waals surface area (Å²) in [4.78, 5) is 6.92. The second-order valence-electron chi connectivity index (χ2n) is 5.57. The lowest BCUT2D eigenvalue weighted by Gasteiger charge is -2.36. The molecule has 1 saturated heterocycles. The van der Waals surface area contributed by atoms with Crippen LogP contribution in [-0.4, -0.2) is 28.2 Å². The third-order valence-corrected chi connectivity index (χ3v) is 5.03. The molecule has 0 aromatic heterocycles. The number of hydroxylamine groups is 2. The molecule has 1 aromatic carbocycles. The van der Waals surface area contributed by atoms with Crippen LogP contribution in [0.3, 0.4) is 0 Å². The number of hydrogen-bond donors (Lipinski definition) is 0. The predicted molar refractivity (Wildman–Crippen MR) is 85.1 cm³/mol. The molecule has 21 heavy (non-hydrogen) atoms. The molecule has 0 amide bonds. The van der Waals surface area contributed by atoms with Crippen molar-refractivity contribution in [3.05, 3.63) is 53.1 Å². The zero-order valence-corrected chi connectivity index (χ0v) is 13.4. The minimum Gasteiger partial charge on any atom is -0.291 e. The van der Waals surface area contributed by atoms with Crippen LogP contribution in [0.1, 0.15) is 25.3 Å². The molecule has 2 aliphatic rings. The minimum atomic E-state index is -0.970. The van der Waals surface area contributed by atoms with Gasteiger partial charge in [-0.2, -0.15) is 5.06 Å². The second-order valence-corrected chi connectivity index (χ2v) is 6.92. The van der Waals surface area contributed by atoms with Gasteiger partial charge in [0.1, 0.15) is 6.10 Å². The molecule has 2 unspecified atom stereocenters. The van der Waals surface area contributed by atoms with Crippen LogP contribution >= 0.6 is 0 Å². The van der Waals surface area contributed by atoms with E-state index >= 15 is 0 Å². The van der Waals surface area contributed by atoms with Crippen LogP contribution in [0.25, 0.3) is 0 Å². The fourth-order valence-electron chi connectivity index (χ4n) is 3.03. The van der Waals surface area contributed by atoms with Gasteiger partial charge in [-0.25, -0.2) is 0 Å². The molecule has 3 rings (SSSR count). The van der Waals surface area contributed by atoms with E-state index in [4.69, 9.17) is 4.84 Å². The van der Waals surface area contributed by atoms with Crippen molar-refractivity contribution in [3.8, 4) is 0 Å². The van der Waals surface area contributed by atoms with E-state index < -0.39 is 10.8 Å². The van der Waals surface area contributed by atoms with Gasteiger partial charge in [0, 0.05) is 17.7 Å². The Bertz CT molecular complexity index is 621. The lowest BCUT2D eigenvalue weighted by atomic mass is 9.93. The van der Waals surface area contributed by atoms with Crippen molar-refractivity contribution >= 4 is 10.8 Å². The molecule has 4 heteroatoms. The standard InChI is InChI=1S/C17H21NO2S/c1-13-16-9-5-3-7-14(16)11-18(20-13)12-15-8-4-6-10-17(15)21(2)19/h4,6-10,13H,3,5,11-12H2,1-2H3. The molecule has 112 valence electrons. The average molecular weight is 303 g/mol. The first-order chi connectivity index (χ1) is 10.1. The number of fused-ring (bicyclic) bond motifs is 1. The van der Waals surface area contributed by atoms with Gasteiger partial charge in [-0.15, -0.1) is 0 Å². The summed E-state index contributed by atoms with van der Waals surface area (Å²) in [6.45, 7) is 3.58. The Balaban J connectivity index is 1.79. The SMILES string of the molecule is CC1ON(Cc2ccccc2S(C)=O)CC2=CCCC=C21. The van der Waals surface area contributed by atoms with Gasteiger partial charge < -0.3 is 0 Å². The van der Waals surface area contributed by atoms with E-state index in [0.717, 1.165) is 29.8 Å². The van der Waals surface area contributed by atoms with Gasteiger partial charge in [0.2, 0.25) is 0 Å². The number of allylic oxidation sites excluding steroid dienone is 2. The highest BCUT2D eigenvalue weighted by Gasteiger charge is 2.27. The van der Waals surface area contributed by atoms with E-state index in [-0.39, 0.29) is 6.10 Å². The Labute approximate surface area is 128 Å². The topological polar surface area (TPSA) is 29.5 Å². The molecule has 2 atom stereocenters. The van der Waals surface area contributed by atoms with Crippen LogP contribution in [0.4, 0.5) is 0 Å².